The van der Waals surface area contributed by atoms with Gasteiger partial charge in [-0.15, -0.1) is 0 Å². The number of likely N-dealkylation sites (tertiary alicyclic amines) is 1. The van der Waals surface area contributed by atoms with Gasteiger partial charge in [-0.1, -0.05) is 74.8 Å². The standard InChI is InChI=1S/C36H44ClN3O4/c1-5-25-9-6-10-28(21-25)31-30(37)16-15-29-32(31)36(43,18-7-19-38-34(42)44-4)35(29)17-8-20-40(23-35)33(41)27-13-11-26(12-14-27)22-39-24(2)3/h6,9-16,21,24,39,43H,5,7-8,17-20,22-23H2,1-4H3,(H,38,42)/t35-,36-/m1/s1. The number of rotatable bonds is 10. The topological polar surface area (TPSA) is 90.9 Å². The molecule has 3 N–H and O–H groups in total. The normalized spacial score (nSPS) is 20.8. The first-order valence-corrected chi connectivity index (χ1v) is 16.1. The van der Waals surface area contributed by atoms with Gasteiger partial charge in [0.1, 0.15) is 5.60 Å². The maximum Gasteiger partial charge on any atom is 0.406 e. The minimum Gasteiger partial charge on any atom is -0.453 e. The van der Waals surface area contributed by atoms with Crippen LogP contribution in [0.5, 0.6) is 0 Å². The van der Waals surface area contributed by atoms with Crippen molar-refractivity contribution in [2.45, 2.75) is 76.5 Å². The van der Waals surface area contributed by atoms with Crippen molar-refractivity contribution in [3.63, 3.8) is 0 Å². The van der Waals surface area contributed by atoms with E-state index in [0.717, 1.165) is 53.6 Å². The molecule has 1 fully saturated rings. The smallest absolute Gasteiger partial charge is 0.406 e. The van der Waals surface area contributed by atoms with Crippen LogP contribution in [-0.4, -0.2) is 54.8 Å². The first-order chi connectivity index (χ1) is 21.1. The average molecular weight is 618 g/mol. The highest BCUT2D eigenvalue weighted by Gasteiger charge is 2.64. The zero-order valence-corrected chi connectivity index (χ0v) is 27.0. The summed E-state index contributed by atoms with van der Waals surface area (Å²) in [6.45, 7) is 8.49. The number of nitrogens with one attached hydrogen (secondary N) is 2. The summed E-state index contributed by atoms with van der Waals surface area (Å²) in [6.07, 6.45) is 2.85. The zero-order valence-electron chi connectivity index (χ0n) is 26.2. The van der Waals surface area contributed by atoms with Crippen LogP contribution in [0.3, 0.4) is 0 Å². The summed E-state index contributed by atoms with van der Waals surface area (Å²) in [5.74, 6) is -0.0274. The molecule has 2 amide bonds. The number of nitrogens with zero attached hydrogens (tertiary/aromatic N) is 1. The second-order valence-electron chi connectivity index (χ2n) is 12.4. The molecule has 5 rings (SSSR count). The van der Waals surface area contributed by atoms with Crippen LogP contribution in [-0.2, 0) is 28.7 Å². The Labute approximate surface area is 265 Å². The lowest BCUT2D eigenvalue weighted by Crippen LogP contribution is -2.66. The Morgan fingerprint density at radius 3 is 2.57 bits per heavy atom. The van der Waals surface area contributed by atoms with E-state index in [0.29, 0.717) is 49.1 Å². The largest absolute Gasteiger partial charge is 0.453 e. The fraction of sp³-hybridized carbons (Fsp3) is 0.444. The second-order valence-corrected chi connectivity index (χ2v) is 12.8. The predicted molar refractivity (Wildman–Crippen MR) is 175 cm³/mol. The number of hydrogen-bond acceptors (Lipinski definition) is 5. The van der Waals surface area contributed by atoms with Gasteiger partial charge >= 0.3 is 6.09 Å². The average Bonchev–Trinajstić information content (AvgIpc) is 3.05. The molecule has 8 heteroatoms. The highest BCUT2D eigenvalue weighted by molar-refractivity contribution is 6.33. The lowest BCUT2D eigenvalue weighted by atomic mass is 9.47. The van der Waals surface area contributed by atoms with Gasteiger partial charge in [-0.3, -0.25) is 4.79 Å². The summed E-state index contributed by atoms with van der Waals surface area (Å²) in [4.78, 5) is 27.5. The third-order valence-electron chi connectivity index (χ3n) is 9.36. The molecule has 3 aromatic rings. The Balaban J connectivity index is 1.49. The van der Waals surface area contributed by atoms with Crippen LogP contribution >= 0.6 is 11.6 Å². The highest BCUT2D eigenvalue weighted by Crippen LogP contribution is 2.64. The predicted octanol–water partition coefficient (Wildman–Crippen LogP) is 6.58. The van der Waals surface area contributed by atoms with Crippen LogP contribution < -0.4 is 10.6 Å². The Bertz CT molecular complexity index is 1510. The number of fused-ring (bicyclic) bond motifs is 2. The van der Waals surface area contributed by atoms with E-state index in [4.69, 9.17) is 16.3 Å². The summed E-state index contributed by atoms with van der Waals surface area (Å²) >= 11 is 6.90. The SMILES string of the molecule is CCc1cccc(-c2c(Cl)ccc3c2[C@](O)(CCCNC(=O)OC)[C@@]32CCCN(C(=O)c3ccc(CNC(C)C)cc3)C2)c1. The fourth-order valence-corrected chi connectivity index (χ4v) is 7.33. The van der Waals surface area contributed by atoms with E-state index in [2.05, 4.69) is 43.5 Å². The van der Waals surface area contributed by atoms with Crippen LogP contribution in [0.2, 0.25) is 5.02 Å². The number of piperidine rings is 1. The molecule has 7 nitrogen and oxygen atoms in total. The van der Waals surface area contributed by atoms with Crippen molar-refractivity contribution in [1.29, 1.82) is 0 Å². The van der Waals surface area contributed by atoms with Gasteiger partial charge in [-0.25, -0.2) is 4.79 Å². The van der Waals surface area contributed by atoms with E-state index < -0.39 is 17.1 Å². The Kier molecular flexibility index (Phi) is 9.68. The van der Waals surface area contributed by atoms with Crippen LogP contribution in [0.15, 0.2) is 60.7 Å². The van der Waals surface area contributed by atoms with Gasteiger partial charge in [-0.05, 0) is 78.1 Å². The van der Waals surface area contributed by atoms with Crippen molar-refractivity contribution in [3.8, 4) is 11.1 Å². The van der Waals surface area contributed by atoms with E-state index in [1.807, 2.05) is 53.4 Å². The van der Waals surface area contributed by atoms with Crippen LogP contribution in [0.25, 0.3) is 11.1 Å². The molecule has 1 saturated heterocycles. The van der Waals surface area contributed by atoms with E-state index in [1.165, 1.54) is 12.7 Å². The van der Waals surface area contributed by atoms with Gasteiger partial charge in [0.05, 0.1) is 7.11 Å². The quantitative estimate of drug-likeness (QED) is 0.224. The van der Waals surface area contributed by atoms with E-state index in [1.54, 1.807) is 0 Å². The number of alkyl carbamates (subject to hydrolysis) is 1. The molecule has 1 aliphatic heterocycles. The molecule has 0 bridgehead atoms. The molecule has 0 radical (unpaired) electrons. The molecule has 44 heavy (non-hydrogen) atoms. The number of benzene rings is 3. The van der Waals surface area contributed by atoms with Gasteiger partial charge in [0.25, 0.3) is 5.91 Å². The zero-order chi connectivity index (χ0) is 31.5. The second kappa shape index (κ2) is 13.3. The summed E-state index contributed by atoms with van der Waals surface area (Å²) in [6, 6.07) is 20.5. The molecule has 0 saturated carbocycles. The maximum absolute atomic E-state index is 13.9. The van der Waals surface area contributed by atoms with E-state index in [-0.39, 0.29) is 5.91 Å². The van der Waals surface area contributed by atoms with Gasteiger partial charge in [0, 0.05) is 53.8 Å². The van der Waals surface area contributed by atoms with Crippen LogP contribution in [0.1, 0.15) is 79.1 Å². The number of halogens is 1. The number of aliphatic hydroxyl groups is 1. The lowest BCUT2D eigenvalue weighted by Gasteiger charge is -2.62. The number of carbonyl (C=O) groups excluding carboxylic acids is 2. The van der Waals surface area contributed by atoms with E-state index in [9.17, 15) is 14.7 Å². The number of ether oxygens (including phenoxy) is 1. The van der Waals surface area contributed by atoms with Crippen LogP contribution in [0, 0.1) is 0 Å². The summed E-state index contributed by atoms with van der Waals surface area (Å²) < 4.78 is 4.74. The molecule has 234 valence electrons. The summed E-state index contributed by atoms with van der Waals surface area (Å²) in [5.41, 5.74) is 4.79. The Morgan fingerprint density at radius 1 is 1.09 bits per heavy atom. The molecular formula is C36H44ClN3O4. The molecule has 2 aliphatic rings. The highest BCUT2D eigenvalue weighted by atomic mass is 35.5. The number of amides is 2. The number of methoxy groups -OCH3 is 1. The first-order valence-electron chi connectivity index (χ1n) is 15.7. The van der Waals surface area contributed by atoms with Gasteiger partial charge < -0.3 is 25.4 Å². The molecule has 3 aromatic carbocycles. The lowest BCUT2D eigenvalue weighted by molar-refractivity contribution is -0.109. The maximum atomic E-state index is 13.9. The Morgan fingerprint density at radius 2 is 1.86 bits per heavy atom. The minimum absolute atomic E-state index is 0.0274. The van der Waals surface area contributed by atoms with Crippen molar-refractivity contribution < 1.29 is 19.4 Å². The van der Waals surface area contributed by atoms with Crippen molar-refractivity contribution in [2.24, 2.45) is 0 Å². The third-order valence-corrected chi connectivity index (χ3v) is 9.68. The van der Waals surface area contributed by atoms with Crippen molar-refractivity contribution in [2.75, 3.05) is 26.7 Å². The summed E-state index contributed by atoms with van der Waals surface area (Å²) in [5, 5.41) is 19.6. The van der Waals surface area contributed by atoms with Crippen molar-refractivity contribution >= 4 is 23.6 Å². The number of aryl methyl sites for hydroxylation is 1. The number of hydrogen-bond donors (Lipinski definition) is 3. The molecular weight excluding hydrogens is 574 g/mol. The molecule has 2 atom stereocenters. The third kappa shape index (κ3) is 5.97. The molecule has 0 unspecified atom stereocenters. The monoisotopic (exact) mass is 617 g/mol. The molecule has 1 heterocycles. The van der Waals surface area contributed by atoms with Gasteiger partial charge in [0.15, 0.2) is 0 Å². The fourth-order valence-electron chi connectivity index (χ4n) is 7.06. The van der Waals surface area contributed by atoms with Crippen molar-refractivity contribution in [3.05, 3.63) is 93.5 Å². The van der Waals surface area contributed by atoms with Crippen molar-refractivity contribution in [1.82, 2.24) is 15.5 Å². The van der Waals surface area contributed by atoms with E-state index >= 15 is 0 Å². The van der Waals surface area contributed by atoms with Gasteiger partial charge in [0.2, 0.25) is 0 Å². The summed E-state index contributed by atoms with van der Waals surface area (Å²) in [7, 11) is 1.34. The Hall–Kier alpha value is -3.39. The van der Waals surface area contributed by atoms with Crippen LogP contribution in [0.4, 0.5) is 4.79 Å². The minimum atomic E-state index is -1.24. The van der Waals surface area contributed by atoms with Gasteiger partial charge in [-0.2, -0.15) is 0 Å². The number of carbonyl (C=O) groups is 2. The molecule has 0 aromatic heterocycles. The molecule has 1 aliphatic carbocycles. The molecule has 1 spiro atoms. The first kappa shape index (κ1) is 32.0.